The molecule has 9 heteroatoms. The van der Waals surface area contributed by atoms with Crippen LogP contribution in [-0.4, -0.2) is 34.1 Å². The van der Waals surface area contributed by atoms with Gasteiger partial charge in [-0.3, -0.25) is 9.69 Å². The number of carboxylic acids is 1. The van der Waals surface area contributed by atoms with Gasteiger partial charge < -0.3 is 9.67 Å². The number of hydrogen-bond donors (Lipinski definition) is 1. The molecular weight excluding hydrogens is 518 g/mol. The third-order valence-electron chi connectivity index (χ3n) is 5.85. The van der Waals surface area contributed by atoms with E-state index >= 15 is 0 Å². The Kier molecular flexibility index (Phi) is 10.5. The third kappa shape index (κ3) is 6.77. The van der Waals surface area contributed by atoms with E-state index in [1.165, 1.54) is 6.07 Å². The zero-order chi connectivity index (χ0) is 24.1. The van der Waals surface area contributed by atoms with Gasteiger partial charge in [-0.1, -0.05) is 65.1 Å². The number of hydrogen-bond acceptors (Lipinski definition) is 3. The molecule has 0 aliphatic carbocycles. The van der Waals surface area contributed by atoms with Gasteiger partial charge in [-0.15, -0.1) is 12.4 Å². The van der Waals surface area contributed by atoms with Gasteiger partial charge in [-0.25, -0.2) is 4.79 Å². The number of carbonyl (C=O) groups is 1. The predicted octanol–water partition coefficient (Wildman–Crippen LogP) is 6.41. The highest BCUT2D eigenvalue weighted by Gasteiger charge is 2.18. The average Bonchev–Trinajstić information content (AvgIpc) is 2.79. The Morgan fingerprint density at radius 1 is 1.00 bits per heavy atom. The topological polar surface area (TPSA) is 62.5 Å². The lowest BCUT2D eigenvalue weighted by Crippen LogP contribution is -2.30. The van der Waals surface area contributed by atoms with Crippen molar-refractivity contribution in [3.63, 3.8) is 0 Å². The molecule has 3 aromatic rings. The summed E-state index contributed by atoms with van der Waals surface area (Å²) in [6.07, 6.45) is 1.09. The summed E-state index contributed by atoms with van der Waals surface area (Å²) in [6, 6.07) is 15.9. The van der Waals surface area contributed by atoms with Crippen LogP contribution in [0.1, 0.15) is 40.1 Å². The van der Waals surface area contributed by atoms with Crippen LogP contribution in [0.5, 0.6) is 0 Å². The number of pyridine rings is 1. The van der Waals surface area contributed by atoms with Gasteiger partial charge in [-0.05, 0) is 55.8 Å². The summed E-state index contributed by atoms with van der Waals surface area (Å²) in [5.74, 6) is -0.975. The number of aromatic carboxylic acids is 1. The fourth-order valence-corrected chi connectivity index (χ4v) is 4.58. The first-order valence-corrected chi connectivity index (χ1v) is 11.7. The smallest absolute Gasteiger partial charge is 0.335 e. The Morgan fingerprint density at radius 2 is 1.65 bits per heavy atom. The second-order valence-electron chi connectivity index (χ2n) is 7.92. The van der Waals surface area contributed by atoms with E-state index < -0.39 is 5.97 Å². The van der Waals surface area contributed by atoms with E-state index in [1.807, 2.05) is 31.3 Å². The molecule has 0 aliphatic rings. The van der Waals surface area contributed by atoms with Crippen molar-refractivity contribution in [3.8, 4) is 0 Å². The summed E-state index contributed by atoms with van der Waals surface area (Å²) in [6.45, 7) is 3.11. The number of halogens is 4. The first kappa shape index (κ1) is 28.2. The fraction of sp³-hybridized carbons (Fsp3) is 0.280. The number of aryl methyl sites for hydroxylation is 1. The Labute approximate surface area is 220 Å². The Bertz CT molecular complexity index is 1200. The standard InChI is InChI=1S/C25H25Cl3N2O3.ClH/c1-16(19-5-3-4-6-20(19)26)29(2)13-12-23-21(27)15-22(28)24(31)30(23)14-11-17-7-9-18(10-8-17)25(32)33;/h3-10,15-16H,11-14H2,1-2H3,(H,32,33);1H. The van der Waals surface area contributed by atoms with Gasteiger partial charge in [0.1, 0.15) is 5.02 Å². The van der Waals surface area contributed by atoms with Crippen LogP contribution in [0.3, 0.4) is 0 Å². The fourth-order valence-electron chi connectivity index (χ4n) is 3.71. The van der Waals surface area contributed by atoms with Gasteiger partial charge in [0.15, 0.2) is 0 Å². The molecule has 2 aromatic carbocycles. The van der Waals surface area contributed by atoms with Crippen LogP contribution in [-0.2, 0) is 19.4 Å². The van der Waals surface area contributed by atoms with Gasteiger partial charge in [0, 0.05) is 36.3 Å². The molecule has 0 saturated heterocycles. The van der Waals surface area contributed by atoms with E-state index in [2.05, 4.69) is 11.8 Å². The summed E-state index contributed by atoms with van der Waals surface area (Å²) in [5, 5.41) is 10.3. The summed E-state index contributed by atoms with van der Waals surface area (Å²) >= 11 is 19.0. The molecule has 182 valence electrons. The molecule has 3 rings (SSSR count). The molecule has 1 unspecified atom stereocenters. The molecule has 0 fully saturated rings. The van der Waals surface area contributed by atoms with Gasteiger partial charge in [0.05, 0.1) is 10.6 Å². The van der Waals surface area contributed by atoms with Crippen molar-refractivity contribution in [2.24, 2.45) is 0 Å². The molecule has 0 saturated carbocycles. The number of nitrogens with zero attached hydrogens (tertiary/aromatic N) is 2. The maximum Gasteiger partial charge on any atom is 0.335 e. The van der Waals surface area contributed by atoms with Gasteiger partial charge in [0.2, 0.25) is 0 Å². The Hall–Kier alpha value is -2.02. The van der Waals surface area contributed by atoms with E-state index in [0.29, 0.717) is 41.7 Å². The second-order valence-corrected chi connectivity index (χ2v) is 9.15. The molecular formula is C25H26Cl4N2O3. The molecule has 34 heavy (non-hydrogen) atoms. The average molecular weight is 544 g/mol. The van der Waals surface area contributed by atoms with Gasteiger partial charge in [-0.2, -0.15) is 0 Å². The molecule has 0 aliphatic heterocycles. The molecule has 0 spiro atoms. The van der Waals surface area contributed by atoms with Crippen LogP contribution in [0.25, 0.3) is 0 Å². The number of carboxylic acid groups (broad SMARTS) is 1. The first-order chi connectivity index (χ1) is 15.7. The highest BCUT2D eigenvalue weighted by atomic mass is 35.5. The van der Waals surface area contributed by atoms with Crippen molar-refractivity contribution in [1.82, 2.24) is 9.47 Å². The van der Waals surface area contributed by atoms with Crippen molar-refractivity contribution >= 4 is 53.2 Å². The van der Waals surface area contributed by atoms with Gasteiger partial charge >= 0.3 is 5.97 Å². The Balaban J connectivity index is 0.00000408. The number of benzene rings is 2. The van der Waals surface area contributed by atoms with Crippen molar-refractivity contribution in [2.75, 3.05) is 13.6 Å². The van der Waals surface area contributed by atoms with Crippen molar-refractivity contribution < 1.29 is 9.90 Å². The quantitative estimate of drug-likeness (QED) is 0.339. The normalized spacial score (nSPS) is 11.8. The third-order valence-corrected chi connectivity index (χ3v) is 6.79. The van der Waals surface area contributed by atoms with E-state index in [0.717, 1.165) is 11.1 Å². The number of rotatable bonds is 9. The van der Waals surface area contributed by atoms with Crippen LogP contribution >= 0.6 is 47.2 Å². The largest absolute Gasteiger partial charge is 0.478 e. The van der Waals surface area contributed by atoms with E-state index in [-0.39, 0.29) is 34.6 Å². The minimum atomic E-state index is -0.975. The molecule has 0 amide bonds. The minimum Gasteiger partial charge on any atom is -0.478 e. The number of likely N-dealkylation sites (N-methyl/N-ethyl adjacent to an activating group) is 1. The maximum absolute atomic E-state index is 12.8. The predicted molar refractivity (Wildman–Crippen MR) is 141 cm³/mol. The van der Waals surface area contributed by atoms with Crippen LogP contribution in [0.15, 0.2) is 59.4 Å². The second kappa shape index (κ2) is 12.6. The zero-order valence-corrected chi connectivity index (χ0v) is 21.9. The van der Waals surface area contributed by atoms with Gasteiger partial charge in [0.25, 0.3) is 5.56 Å². The summed E-state index contributed by atoms with van der Waals surface area (Å²) in [7, 11) is 2.00. The van der Waals surface area contributed by atoms with Crippen molar-refractivity contribution in [2.45, 2.75) is 32.4 Å². The summed E-state index contributed by atoms with van der Waals surface area (Å²) in [5.41, 5.74) is 2.59. The number of aromatic nitrogens is 1. The van der Waals surface area contributed by atoms with Crippen LogP contribution in [0.4, 0.5) is 0 Å². The van der Waals surface area contributed by atoms with E-state index in [1.54, 1.807) is 28.8 Å². The highest BCUT2D eigenvalue weighted by molar-refractivity contribution is 6.34. The highest BCUT2D eigenvalue weighted by Crippen LogP contribution is 2.27. The lowest BCUT2D eigenvalue weighted by molar-refractivity contribution is 0.0697. The summed E-state index contributed by atoms with van der Waals surface area (Å²) < 4.78 is 1.61. The van der Waals surface area contributed by atoms with Crippen molar-refractivity contribution in [3.05, 3.63) is 102 Å². The molecule has 5 nitrogen and oxygen atoms in total. The van der Waals surface area contributed by atoms with Crippen LogP contribution in [0, 0.1) is 0 Å². The van der Waals surface area contributed by atoms with Crippen LogP contribution < -0.4 is 5.56 Å². The van der Waals surface area contributed by atoms with Crippen molar-refractivity contribution in [1.29, 1.82) is 0 Å². The van der Waals surface area contributed by atoms with E-state index in [4.69, 9.17) is 39.9 Å². The SMILES string of the molecule is CC(c1ccccc1Cl)N(C)CCc1c(Cl)cc(Cl)c(=O)n1CCc1ccc(C(=O)O)cc1.Cl. The minimum absolute atomic E-state index is 0. The first-order valence-electron chi connectivity index (χ1n) is 10.5. The molecule has 1 N–H and O–H groups in total. The zero-order valence-electron chi connectivity index (χ0n) is 18.8. The maximum atomic E-state index is 12.8. The monoisotopic (exact) mass is 542 g/mol. The molecule has 1 atom stereocenters. The molecule has 0 radical (unpaired) electrons. The molecule has 0 bridgehead atoms. The Morgan fingerprint density at radius 3 is 2.26 bits per heavy atom. The molecule has 1 heterocycles. The molecule has 1 aromatic heterocycles. The van der Waals surface area contributed by atoms with E-state index in [9.17, 15) is 9.59 Å². The lowest BCUT2D eigenvalue weighted by atomic mass is 10.1. The lowest BCUT2D eigenvalue weighted by Gasteiger charge is -2.26. The summed E-state index contributed by atoms with van der Waals surface area (Å²) in [4.78, 5) is 26.0. The van der Waals surface area contributed by atoms with Crippen LogP contribution in [0.2, 0.25) is 15.1 Å².